The van der Waals surface area contributed by atoms with Gasteiger partial charge in [-0.3, -0.25) is 4.99 Å². The number of amidine groups is 1. The molecular formula is C26H27FN2O2. The van der Waals surface area contributed by atoms with Gasteiger partial charge in [-0.05, 0) is 67.3 Å². The molecule has 1 aliphatic heterocycles. The van der Waals surface area contributed by atoms with Crippen LogP contribution in [0.5, 0.6) is 5.75 Å². The highest BCUT2D eigenvalue weighted by atomic mass is 19.1. The highest BCUT2D eigenvalue weighted by Gasteiger charge is 2.32. The van der Waals surface area contributed by atoms with Gasteiger partial charge in [0, 0.05) is 11.6 Å². The number of hydrogen-bond acceptors (Lipinski definition) is 4. The molecule has 1 aliphatic rings. The van der Waals surface area contributed by atoms with Crippen LogP contribution in [0.4, 0.5) is 10.1 Å². The molecule has 0 radical (unpaired) electrons. The topological polar surface area (TPSA) is 53.9 Å². The predicted octanol–water partition coefficient (Wildman–Crippen LogP) is 5.84. The molecule has 0 aliphatic carbocycles. The Labute approximate surface area is 182 Å². The Morgan fingerprint density at radius 1 is 0.968 bits per heavy atom. The van der Waals surface area contributed by atoms with Crippen molar-refractivity contribution in [2.75, 3.05) is 12.4 Å². The third kappa shape index (κ3) is 4.94. The van der Waals surface area contributed by atoms with Crippen molar-refractivity contribution in [2.24, 2.45) is 10.9 Å². The summed E-state index contributed by atoms with van der Waals surface area (Å²) in [6.45, 7) is 2.03. The van der Waals surface area contributed by atoms with E-state index in [1.807, 2.05) is 55.5 Å². The monoisotopic (exact) mass is 418 g/mol. The Kier molecular flexibility index (Phi) is 6.33. The molecule has 160 valence electrons. The maximum absolute atomic E-state index is 13.4. The molecule has 0 amide bonds. The molecule has 0 fully saturated rings. The average Bonchev–Trinajstić information content (AvgIpc) is 2.81. The Morgan fingerprint density at radius 2 is 1.65 bits per heavy atom. The number of methoxy groups -OCH3 is 1. The molecule has 0 saturated heterocycles. The number of nitrogens with zero attached hydrogens (tertiary/aromatic N) is 1. The van der Waals surface area contributed by atoms with Crippen LogP contribution in [0, 0.1) is 18.7 Å². The summed E-state index contributed by atoms with van der Waals surface area (Å²) in [4.78, 5) is 4.98. The fourth-order valence-electron chi connectivity index (χ4n) is 3.98. The summed E-state index contributed by atoms with van der Waals surface area (Å²) < 4.78 is 18.6. The van der Waals surface area contributed by atoms with Gasteiger partial charge in [0.05, 0.1) is 19.3 Å². The van der Waals surface area contributed by atoms with Crippen molar-refractivity contribution in [3.8, 4) is 5.75 Å². The summed E-state index contributed by atoms with van der Waals surface area (Å²) in [6.07, 6.45) is 0.928. The van der Waals surface area contributed by atoms with E-state index in [1.54, 1.807) is 19.2 Å². The van der Waals surface area contributed by atoms with Crippen molar-refractivity contribution >= 4 is 11.5 Å². The third-order valence-electron chi connectivity index (χ3n) is 5.81. The van der Waals surface area contributed by atoms with E-state index in [0.29, 0.717) is 5.84 Å². The summed E-state index contributed by atoms with van der Waals surface area (Å²) in [7, 11) is 1.65. The maximum Gasteiger partial charge on any atom is 0.123 e. The first-order chi connectivity index (χ1) is 15.0. The van der Waals surface area contributed by atoms with E-state index in [0.717, 1.165) is 41.0 Å². The zero-order chi connectivity index (χ0) is 21.8. The molecule has 3 unspecified atom stereocenters. The average molecular weight is 419 g/mol. The minimum atomic E-state index is -0.677. The number of halogens is 1. The molecule has 0 saturated carbocycles. The molecule has 5 heteroatoms. The number of anilines is 1. The Balaban J connectivity index is 1.64. The summed E-state index contributed by atoms with van der Waals surface area (Å²) in [5.74, 6) is 1.05. The molecule has 0 aromatic heterocycles. The van der Waals surface area contributed by atoms with Gasteiger partial charge in [0.25, 0.3) is 0 Å². The Morgan fingerprint density at radius 3 is 2.29 bits per heavy atom. The Hall–Kier alpha value is -3.18. The molecule has 0 spiro atoms. The highest BCUT2D eigenvalue weighted by molar-refractivity contribution is 5.98. The number of ether oxygens (including phenoxy) is 1. The summed E-state index contributed by atoms with van der Waals surface area (Å²) in [5, 5.41) is 14.5. The normalized spacial score (nSPS) is 19.4. The fraction of sp³-hybridized carbons (Fsp3) is 0.269. The summed E-state index contributed by atoms with van der Waals surface area (Å²) >= 11 is 0. The number of nitrogens with one attached hydrogen (secondary N) is 1. The van der Waals surface area contributed by atoms with Gasteiger partial charge in [-0.2, -0.15) is 0 Å². The number of aliphatic hydroxyl groups is 1. The predicted molar refractivity (Wildman–Crippen MR) is 122 cm³/mol. The van der Waals surface area contributed by atoms with Gasteiger partial charge in [-0.25, -0.2) is 4.39 Å². The van der Waals surface area contributed by atoms with Gasteiger partial charge in [0.15, 0.2) is 0 Å². The van der Waals surface area contributed by atoms with Crippen LogP contribution in [0.3, 0.4) is 0 Å². The Bertz CT molecular complexity index is 1030. The zero-order valence-electron chi connectivity index (χ0n) is 17.8. The minimum absolute atomic E-state index is 0.0182. The van der Waals surface area contributed by atoms with E-state index in [2.05, 4.69) is 5.32 Å². The van der Waals surface area contributed by atoms with Gasteiger partial charge in [0.1, 0.15) is 17.4 Å². The van der Waals surface area contributed by atoms with Crippen LogP contribution in [-0.2, 0) is 0 Å². The second-order valence-electron chi connectivity index (χ2n) is 7.97. The second kappa shape index (κ2) is 9.31. The summed E-state index contributed by atoms with van der Waals surface area (Å²) in [6, 6.07) is 22.0. The number of aryl methyl sites for hydroxylation is 1. The number of rotatable bonds is 5. The number of hydrogen-bond donors (Lipinski definition) is 2. The second-order valence-corrected chi connectivity index (χ2v) is 7.97. The third-order valence-corrected chi connectivity index (χ3v) is 5.81. The molecule has 31 heavy (non-hydrogen) atoms. The first-order valence-corrected chi connectivity index (χ1v) is 10.5. The molecule has 1 heterocycles. The molecule has 3 aromatic carbocycles. The van der Waals surface area contributed by atoms with Gasteiger partial charge in [-0.15, -0.1) is 0 Å². The van der Waals surface area contributed by atoms with E-state index in [4.69, 9.17) is 9.73 Å². The molecule has 3 atom stereocenters. The van der Waals surface area contributed by atoms with Crippen LogP contribution in [0.2, 0.25) is 0 Å². The fourth-order valence-corrected chi connectivity index (χ4v) is 3.98. The van der Waals surface area contributed by atoms with Crippen LogP contribution >= 0.6 is 0 Å². The van der Waals surface area contributed by atoms with Crippen molar-refractivity contribution in [3.05, 3.63) is 95.3 Å². The van der Waals surface area contributed by atoms with Gasteiger partial charge >= 0.3 is 0 Å². The number of aliphatic imine (C=N–C) groups is 1. The van der Waals surface area contributed by atoms with E-state index >= 15 is 0 Å². The van der Waals surface area contributed by atoms with E-state index in [1.165, 1.54) is 12.1 Å². The lowest BCUT2D eigenvalue weighted by Crippen LogP contribution is -2.32. The largest absolute Gasteiger partial charge is 0.497 e. The first kappa shape index (κ1) is 21.1. The molecule has 2 N–H and O–H groups in total. The smallest absolute Gasteiger partial charge is 0.123 e. The molecule has 3 aromatic rings. The molecule has 4 rings (SSSR count). The SMILES string of the molecule is COc1ccc(C2CCC(C(O)c3ccc(C)cc3)C(Nc3ccc(F)cc3)=N2)cc1. The summed E-state index contributed by atoms with van der Waals surface area (Å²) in [5.41, 5.74) is 3.86. The maximum atomic E-state index is 13.4. The van der Waals surface area contributed by atoms with Crippen molar-refractivity contribution in [1.82, 2.24) is 0 Å². The molecule has 4 nitrogen and oxygen atoms in total. The number of aliphatic hydroxyl groups excluding tert-OH is 1. The van der Waals surface area contributed by atoms with Crippen molar-refractivity contribution in [3.63, 3.8) is 0 Å². The van der Waals surface area contributed by atoms with Crippen molar-refractivity contribution in [1.29, 1.82) is 0 Å². The van der Waals surface area contributed by atoms with Crippen LogP contribution in [0.15, 0.2) is 77.8 Å². The van der Waals surface area contributed by atoms with Crippen LogP contribution in [0.25, 0.3) is 0 Å². The lowest BCUT2D eigenvalue weighted by atomic mass is 9.85. The lowest BCUT2D eigenvalue weighted by Gasteiger charge is -2.32. The van der Waals surface area contributed by atoms with Crippen LogP contribution in [0.1, 0.15) is 41.7 Å². The van der Waals surface area contributed by atoms with Crippen molar-refractivity contribution < 1.29 is 14.2 Å². The highest BCUT2D eigenvalue weighted by Crippen LogP contribution is 2.37. The van der Waals surface area contributed by atoms with Crippen molar-refractivity contribution in [2.45, 2.75) is 31.9 Å². The number of benzene rings is 3. The first-order valence-electron chi connectivity index (χ1n) is 10.5. The van der Waals surface area contributed by atoms with Crippen LogP contribution < -0.4 is 10.1 Å². The molecule has 0 bridgehead atoms. The van der Waals surface area contributed by atoms with Gasteiger partial charge in [-0.1, -0.05) is 42.0 Å². The van der Waals surface area contributed by atoms with Gasteiger partial charge in [0.2, 0.25) is 0 Å². The lowest BCUT2D eigenvalue weighted by molar-refractivity contribution is 0.130. The van der Waals surface area contributed by atoms with E-state index < -0.39 is 6.10 Å². The minimum Gasteiger partial charge on any atom is -0.497 e. The standard InChI is InChI=1S/C26H27FN2O2/c1-17-3-5-19(6-4-17)25(30)23-15-16-24(18-7-13-22(31-2)14-8-18)29-26(23)28-21-11-9-20(27)10-12-21/h3-14,23-25,30H,15-16H2,1-2H3,(H,28,29). The van der Waals surface area contributed by atoms with E-state index in [-0.39, 0.29) is 17.8 Å². The van der Waals surface area contributed by atoms with Crippen LogP contribution in [-0.4, -0.2) is 18.1 Å². The molecular weight excluding hydrogens is 391 g/mol. The van der Waals surface area contributed by atoms with Gasteiger partial charge < -0.3 is 15.2 Å². The van der Waals surface area contributed by atoms with E-state index in [9.17, 15) is 9.50 Å². The quantitative estimate of drug-likeness (QED) is 0.547. The zero-order valence-corrected chi connectivity index (χ0v) is 17.8.